The quantitative estimate of drug-likeness (QED) is 0.700. The summed E-state index contributed by atoms with van der Waals surface area (Å²) >= 11 is 1.86. The van der Waals surface area contributed by atoms with Crippen LogP contribution in [0.2, 0.25) is 0 Å². The second-order valence-electron chi connectivity index (χ2n) is 5.43. The Balaban J connectivity index is 2.61. The highest BCUT2D eigenvalue weighted by Gasteiger charge is 2.41. The Morgan fingerprint density at radius 3 is 2.50 bits per heavy atom. The van der Waals surface area contributed by atoms with Gasteiger partial charge in [-0.15, -0.1) is 0 Å². The molecular formula is C15H28N2O2S. The molecule has 0 bridgehead atoms. The highest BCUT2D eigenvalue weighted by atomic mass is 32.2. The molecule has 0 radical (unpaired) electrons. The van der Waals surface area contributed by atoms with Crippen molar-refractivity contribution in [1.29, 1.82) is 0 Å². The Labute approximate surface area is 127 Å². The minimum Gasteiger partial charge on any atom is -0.342 e. The second kappa shape index (κ2) is 8.55. The molecule has 1 aliphatic rings. The van der Waals surface area contributed by atoms with Crippen molar-refractivity contribution in [1.82, 2.24) is 10.2 Å². The smallest absolute Gasteiger partial charge is 0.248 e. The van der Waals surface area contributed by atoms with E-state index in [1.807, 2.05) is 30.5 Å². The van der Waals surface area contributed by atoms with Crippen LogP contribution in [0, 0.1) is 0 Å². The fraction of sp³-hybridized carbons (Fsp3) is 0.867. The Hall–Kier alpha value is -0.710. The third kappa shape index (κ3) is 4.40. The largest absolute Gasteiger partial charge is 0.342 e. The van der Waals surface area contributed by atoms with Gasteiger partial charge in [-0.1, -0.05) is 20.3 Å². The molecule has 0 saturated carbocycles. The van der Waals surface area contributed by atoms with E-state index in [-0.39, 0.29) is 11.8 Å². The first-order valence-electron chi connectivity index (χ1n) is 7.69. The van der Waals surface area contributed by atoms with Gasteiger partial charge in [0.05, 0.1) is 0 Å². The highest BCUT2D eigenvalue weighted by molar-refractivity contribution is 7.98. The molecule has 4 nitrogen and oxygen atoms in total. The number of amides is 2. The van der Waals surface area contributed by atoms with Gasteiger partial charge in [0.25, 0.3) is 0 Å². The van der Waals surface area contributed by atoms with Crippen molar-refractivity contribution in [2.24, 2.45) is 0 Å². The topological polar surface area (TPSA) is 49.4 Å². The molecule has 1 rings (SSSR count). The fourth-order valence-electron chi connectivity index (χ4n) is 2.69. The summed E-state index contributed by atoms with van der Waals surface area (Å²) in [5, 5.41) is 2.95. The number of thioether (sulfide) groups is 1. The summed E-state index contributed by atoms with van der Waals surface area (Å²) in [6.45, 7) is 5.30. The number of nitrogens with zero attached hydrogens (tertiary/aromatic N) is 1. The van der Waals surface area contributed by atoms with Crippen LogP contribution in [0.15, 0.2) is 0 Å². The van der Waals surface area contributed by atoms with Gasteiger partial charge in [0.2, 0.25) is 11.8 Å². The third-order valence-electron chi connectivity index (χ3n) is 4.17. The van der Waals surface area contributed by atoms with Crippen molar-refractivity contribution in [3.8, 4) is 0 Å². The molecule has 5 heteroatoms. The lowest BCUT2D eigenvalue weighted by molar-refractivity contribution is -0.139. The van der Waals surface area contributed by atoms with E-state index < -0.39 is 5.54 Å². The normalized spacial score (nSPS) is 18.9. The Kier molecular flexibility index (Phi) is 7.41. The minimum atomic E-state index is -0.674. The Morgan fingerprint density at radius 2 is 1.90 bits per heavy atom. The van der Waals surface area contributed by atoms with Crippen LogP contribution >= 0.6 is 11.8 Å². The first-order chi connectivity index (χ1) is 9.59. The van der Waals surface area contributed by atoms with E-state index in [2.05, 4.69) is 11.6 Å². The van der Waals surface area contributed by atoms with Gasteiger partial charge in [-0.05, 0) is 37.7 Å². The summed E-state index contributed by atoms with van der Waals surface area (Å²) < 4.78 is 0. The van der Waals surface area contributed by atoms with Crippen LogP contribution < -0.4 is 5.32 Å². The minimum absolute atomic E-state index is 0.00642. The molecule has 0 atom stereocenters. The number of rotatable bonds is 8. The SMILES string of the molecule is CCC1(CC)NC(=O)CCN(CCCCCSC)C1=O. The third-order valence-corrected chi connectivity index (χ3v) is 4.86. The van der Waals surface area contributed by atoms with Gasteiger partial charge in [0.1, 0.15) is 5.54 Å². The van der Waals surface area contributed by atoms with Crippen LogP contribution in [-0.4, -0.2) is 47.4 Å². The zero-order valence-electron chi connectivity index (χ0n) is 13.0. The van der Waals surface area contributed by atoms with Gasteiger partial charge in [0.15, 0.2) is 0 Å². The van der Waals surface area contributed by atoms with Gasteiger partial charge in [-0.2, -0.15) is 11.8 Å². The zero-order valence-corrected chi connectivity index (χ0v) is 13.9. The number of carbonyl (C=O) groups is 2. The van der Waals surface area contributed by atoms with Crippen molar-refractivity contribution in [2.75, 3.05) is 25.1 Å². The average molecular weight is 300 g/mol. The van der Waals surface area contributed by atoms with Gasteiger partial charge in [0, 0.05) is 19.5 Å². The average Bonchev–Trinajstić information content (AvgIpc) is 2.58. The van der Waals surface area contributed by atoms with E-state index in [0.717, 1.165) is 19.4 Å². The Morgan fingerprint density at radius 1 is 1.20 bits per heavy atom. The molecule has 0 aromatic rings. The van der Waals surface area contributed by atoms with Crippen LogP contribution in [0.3, 0.4) is 0 Å². The molecular weight excluding hydrogens is 272 g/mol. The maximum Gasteiger partial charge on any atom is 0.248 e. The summed E-state index contributed by atoms with van der Waals surface area (Å²) in [5.41, 5.74) is -0.674. The molecule has 0 spiro atoms. The molecule has 1 saturated heterocycles. The number of carbonyl (C=O) groups excluding carboxylic acids is 2. The number of hydrogen-bond acceptors (Lipinski definition) is 3. The number of hydrogen-bond donors (Lipinski definition) is 1. The molecule has 0 aliphatic carbocycles. The zero-order chi connectivity index (χ0) is 15.0. The molecule has 1 fully saturated rings. The maximum absolute atomic E-state index is 12.7. The molecule has 0 aromatic heterocycles. The van der Waals surface area contributed by atoms with E-state index >= 15 is 0 Å². The van der Waals surface area contributed by atoms with Gasteiger partial charge in [-0.3, -0.25) is 9.59 Å². The van der Waals surface area contributed by atoms with Crippen LogP contribution in [0.5, 0.6) is 0 Å². The molecule has 116 valence electrons. The second-order valence-corrected chi connectivity index (χ2v) is 6.42. The van der Waals surface area contributed by atoms with Crippen molar-refractivity contribution < 1.29 is 9.59 Å². The lowest BCUT2D eigenvalue weighted by atomic mass is 9.91. The maximum atomic E-state index is 12.7. The fourth-order valence-corrected chi connectivity index (χ4v) is 3.18. The summed E-state index contributed by atoms with van der Waals surface area (Å²) in [6, 6.07) is 0. The van der Waals surface area contributed by atoms with Crippen molar-refractivity contribution in [2.45, 2.75) is 57.9 Å². The lowest BCUT2D eigenvalue weighted by Crippen LogP contribution is -2.56. The van der Waals surface area contributed by atoms with Crippen LogP contribution in [0.4, 0.5) is 0 Å². The summed E-state index contributed by atoms with van der Waals surface area (Å²) in [6.07, 6.45) is 7.26. The van der Waals surface area contributed by atoms with E-state index in [1.54, 1.807) is 0 Å². The Bertz CT molecular complexity index is 330. The first kappa shape index (κ1) is 17.3. The highest BCUT2D eigenvalue weighted by Crippen LogP contribution is 2.22. The van der Waals surface area contributed by atoms with Crippen molar-refractivity contribution >= 4 is 23.6 Å². The first-order valence-corrected chi connectivity index (χ1v) is 9.08. The molecule has 0 unspecified atom stereocenters. The van der Waals surface area contributed by atoms with Gasteiger partial charge >= 0.3 is 0 Å². The standard InChI is InChI=1S/C15H28N2O2S/c1-4-15(5-2)14(19)17(11-9-13(18)16-15)10-7-6-8-12-20-3/h4-12H2,1-3H3,(H,16,18). The van der Waals surface area contributed by atoms with Crippen molar-refractivity contribution in [3.05, 3.63) is 0 Å². The summed E-state index contributed by atoms with van der Waals surface area (Å²) in [4.78, 5) is 26.4. The summed E-state index contributed by atoms with van der Waals surface area (Å²) in [5.74, 6) is 1.30. The molecule has 0 aromatic carbocycles. The van der Waals surface area contributed by atoms with Crippen LogP contribution in [0.1, 0.15) is 52.4 Å². The monoisotopic (exact) mass is 300 g/mol. The van der Waals surface area contributed by atoms with Crippen molar-refractivity contribution in [3.63, 3.8) is 0 Å². The van der Waals surface area contributed by atoms with E-state index in [0.29, 0.717) is 25.8 Å². The molecule has 2 amide bonds. The molecule has 1 heterocycles. The predicted octanol–water partition coefficient (Wildman–Crippen LogP) is 2.43. The van der Waals surface area contributed by atoms with E-state index in [9.17, 15) is 9.59 Å². The van der Waals surface area contributed by atoms with E-state index in [4.69, 9.17) is 0 Å². The van der Waals surface area contributed by atoms with Crippen LogP contribution in [0.25, 0.3) is 0 Å². The molecule has 20 heavy (non-hydrogen) atoms. The van der Waals surface area contributed by atoms with Gasteiger partial charge < -0.3 is 10.2 Å². The lowest BCUT2D eigenvalue weighted by Gasteiger charge is -2.33. The molecule has 1 N–H and O–H groups in total. The number of nitrogens with one attached hydrogen (secondary N) is 1. The summed E-state index contributed by atoms with van der Waals surface area (Å²) in [7, 11) is 0. The van der Waals surface area contributed by atoms with E-state index in [1.165, 1.54) is 12.2 Å². The molecule has 1 aliphatic heterocycles. The van der Waals surface area contributed by atoms with Gasteiger partial charge in [-0.25, -0.2) is 0 Å². The number of unbranched alkanes of at least 4 members (excludes halogenated alkanes) is 2. The van der Waals surface area contributed by atoms with Crippen LogP contribution in [-0.2, 0) is 9.59 Å². The predicted molar refractivity (Wildman–Crippen MR) is 84.9 cm³/mol.